The summed E-state index contributed by atoms with van der Waals surface area (Å²) in [5, 5.41) is 6.45. The van der Waals surface area contributed by atoms with Crippen molar-refractivity contribution in [3.63, 3.8) is 0 Å². The van der Waals surface area contributed by atoms with Gasteiger partial charge in [-0.15, -0.1) is 0 Å². The van der Waals surface area contributed by atoms with Crippen LogP contribution in [0.3, 0.4) is 0 Å². The zero-order valence-electron chi connectivity index (χ0n) is 19.8. The molecule has 0 fully saturated rings. The van der Waals surface area contributed by atoms with Gasteiger partial charge in [0.15, 0.2) is 11.5 Å². The molecular formula is C27H29N3O4. The molecule has 7 heteroatoms. The Morgan fingerprint density at radius 3 is 2.38 bits per heavy atom. The maximum atomic E-state index is 12.1. The second-order valence-corrected chi connectivity index (χ2v) is 7.81. The van der Waals surface area contributed by atoms with Crippen LogP contribution >= 0.6 is 0 Å². The summed E-state index contributed by atoms with van der Waals surface area (Å²) in [6, 6.07) is 18.8. The van der Waals surface area contributed by atoms with Gasteiger partial charge in [0.25, 0.3) is 0 Å². The summed E-state index contributed by atoms with van der Waals surface area (Å²) in [6.45, 7) is 8.73. The molecule has 3 aromatic rings. The van der Waals surface area contributed by atoms with Crippen LogP contribution in [0.1, 0.15) is 34.7 Å². The molecule has 0 saturated carbocycles. The number of hydrogen-bond acceptors (Lipinski definition) is 5. The van der Waals surface area contributed by atoms with Crippen LogP contribution in [0.15, 0.2) is 65.8 Å². The predicted octanol–water partition coefficient (Wildman–Crippen LogP) is 4.68. The molecule has 0 spiro atoms. The van der Waals surface area contributed by atoms with Crippen molar-refractivity contribution in [2.24, 2.45) is 5.10 Å². The summed E-state index contributed by atoms with van der Waals surface area (Å²) in [7, 11) is 0. The minimum Gasteiger partial charge on any atom is -0.490 e. The van der Waals surface area contributed by atoms with Gasteiger partial charge >= 0.3 is 11.8 Å². The van der Waals surface area contributed by atoms with Gasteiger partial charge in [-0.3, -0.25) is 9.59 Å². The number of aryl methyl sites for hydroxylation is 3. The van der Waals surface area contributed by atoms with Crippen molar-refractivity contribution in [2.45, 2.75) is 34.3 Å². The van der Waals surface area contributed by atoms with E-state index < -0.39 is 11.8 Å². The molecule has 0 radical (unpaired) electrons. The monoisotopic (exact) mass is 459 g/mol. The molecule has 0 atom stereocenters. The van der Waals surface area contributed by atoms with Crippen LogP contribution in [0.2, 0.25) is 0 Å². The standard InChI is InChI=1S/C27H29N3O4/c1-5-33-25-15-21(11-13-24(25)34-17-22-9-7-6-8-19(22)3)16-28-30-27(32)26(31)29-23-12-10-18(2)20(4)14-23/h6-16H,5,17H2,1-4H3,(H,29,31)(H,30,32)/b28-16+. The van der Waals surface area contributed by atoms with Crippen LogP contribution in [0, 0.1) is 20.8 Å². The van der Waals surface area contributed by atoms with Crippen LogP contribution in [0.25, 0.3) is 0 Å². The van der Waals surface area contributed by atoms with Gasteiger partial charge in [-0.1, -0.05) is 30.3 Å². The maximum absolute atomic E-state index is 12.1. The van der Waals surface area contributed by atoms with Gasteiger partial charge < -0.3 is 14.8 Å². The van der Waals surface area contributed by atoms with E-state index in [-0.39, 0.29) is 0 Å². The molecule has 3 aromatic carbocycles. The molecule has 0 aliphatic heterocycles. The lowest BCUT2D eigenvalue weighted by molar-refractivity contribution is -0.136. The number of amides is 2. The van der Waals surface area contributed by atoms with Crippen LogP contribution < -0.4 is 20.2 Å². The highest BCUT2D eigenvalue weighted by molar-refractivity contribution is 6.39. The molecule has 0 heterocycles. The molecule has 2 N–H and O–H groups in total. The lowest BCUT2D eigenvalue weighted by atomic mass is 10.1. The van der Waals surface area contributed by atoms with Gasteiger partial charge in [0.05, 0.1) is 12.8 Å². The first-order valence-electron chi connectivity index (χ1n) is 11.0. The second kappa shape index (κ2) is 11.7. The van der Waals surface area contributed by atoms with Crippen LogP contribution in [0.4, 0.5) is 5.69 Å². The SMILES string of the molecule is CCOc1cc(/C=N/NC(=O)C(=O)Nc2ccc(C)c(C)c2)ccc1OCc1ccccc1C. The normalized spacial score (nSPS) is 10.7. The van der Waals surface area contributed by atoms with Gasteiger partial charge in [0.2, 0.25) is 0 Å². The highest BCUT2D eigenvalue weighted by atomic mass is 16.5. The Hall–Kier alpha value is -4.13. The molecular weight excluding hydrogens is 430 g/mol. The molecule has 7 nitrogen and oxygen atoms in total. The number of hydrogen-bond donors (Lipinski definition) is 2. The van der Waals surface area contributed by atoms with E-state index in [1.165, 1.54) is 6.21 Å². The number of benzene rings is 3. The first-order chi connectivity index (χ1) is 16.4. The highest BCUT2D eigenvalue weighted by Gasteiger charge is 2.13. The number of carbonyl (C=O) groups is 2. The summed E-state index contributed by atoms with van der Waals surface area (Å²) in [6.07, 6.45) is 1.44. The molecule has 0 aliphatic carbocycles. The molecule has 0 saturated heterocycles. The summed E-state index contributed by atoms with van der Waals surface area (Å²) < 4.78 is 11.7. The third kappa shape index (κ3) is 6.68. The summed E-state index contributed by atoms with van der Waals surface area (Å²) in [5.41, 5.74) is 7.85. The largest absolute Gasteiger partial charge is 0.490 e. The fraction of sp³-hybridized carbons (Fsp3) is 0.222. The minimum atomic E-state index is -0.863. The molecule has 0 bridgehead atoms. The molecule has 34 heavy (non-hydrogen) atoms. The fourth-order valence-electron chi connectivity index (χ4n) is 3.14. The quantitative estimate of drug-likeness (QED) is 0.291. The van der Waals surface area contributed by atoms with E-state index >= 15 is 0 Å². The number of rotatable bonds is 8. The number of hydrazone groups is 1. The third-order valence-corrected chi connectivity index (χ3v) is 5.26. The van der Waals surface area contributed by atoms with E-state index in [0.717, 1.165) is 22.3 Å². The number of nitrogens with one attached hydrogen (secondary N) is 2. The second-order valence-electron chi connectivity index (χ2n) is 7.81. The van der Waals surface area contributed by atoms with Crippen LogP contribution in [-0.2, 0) is 16.2 Å². The molecule has 3 rings (SSSR count). The summed E-state index contributed by atoms with van der Waals surface area (Å²) in [5.74, 6) is -0.481. The maximum Gasteiger partial charge on any atom is 0.329 e. The Kier molecular flexibility index (Phi) is 8.40. The first-order valence-corrected chi connectivity index (χ1v) is 11.0. The Morgan fingerprint density at radius 1 is 0.853 bits per heavy atom. The van der Waals surface area contributed by atoms with Gasteiger partial charge in [-0.25, -0.2) is 5.43 Å². The summed E-state index contributed by atoms with van der Waals surface area (Å²) in [4.78, 5) is 24.2. The van der Waals surface area contributed by atoms with E-state index in [1.807, 2.05) is 64.1 Å². The van der Waals surface area contributed by atoms with Crippen LogP contribution in [0.5, 0.6) is 11.5 Å². The minimum absolute atomic E-state index is 0.422. The summed E-state index contributed by atoms with van der Waals surface area (Å²) >= 11 is 0. The molecule has 2 amide bonds. The van der Waals surface area contributed by atoms with E-state index in [0.29, 0.717) is 36.0 Å². The smallest absolute Gasteiger partial charge is 0.329 e. The van der Waals surface area contributed by atoms with E-state index in [4.69, 9.17) is 9.47 Å². The van der Waals surface area contributed by atoms with Crippen molar-refractivity contribution in [3.05, 3.63) is 88.5 Å². The Labute approximate surface area is 199 Å². The molecule has 176 valence electrons. The number of ether oxygens (including phenoxy) is 2. The van der Waals surface area contributed by atoms with Gasteiger partial charge in [0, 0.05) is 5.69 Å². The fourth-order valence-corrected chi connectivity index (χ4v) is 3.14. The Bertz CT molecular complexity index is 1200. The zero-order valence-corrected chi connectivity index (χ0v) is 19.8. The lowest BCUT2D eigenvalue weighted by Gasteiger charge is -2.13. The van der Waals surface area contributed by atoms with E-state index in [1.54, 1.807) is 24.3 Å². The van der Waals surface area contributed by atoms with Crippen molar-refractivity contribution >= 4 is 23.7 Å². The predicted molar refractivity (Wildman–Crippen MR) is 133 cm³/mol. The Morgan fingerprint density at radius 2 is 1.65 bits per heavy atom. The van der Waals surface area contributed by atoms with E-state index in [9.17, 15) is 9.59 Å². The highest BCUT2D eigenvalue weighted by Crippen LogP contribution is 2.29. The Balaban J connectivity index is 1.60. The van der Waals surface area contributed by atoms with E-state index in [2.05, 4.69) is 15.8 Å². The molecule has 0 aliphatic rings. The first kappa shape index (κ1) is 24.5. The number of anilines is 1. The van der Waals surface area contributed by atoms with Gasteiger partial charge in [-0.05, 0) is 85.8 Å². The van der Waals surface area contributed by atoms with Crippen molar-refractivity contribution < 1.29 is 19.1 Å². The molecule has 0 unspecified atom stereocenters. The lowest BCUT2D eigenvalue weighted by Crippen LogP contribution is -2.32. The van der Waals surface area contributed by atoms with Crippen LogP contribution in [-0.4, -0.2) is 24.6 Å². The topological polar surface area (TPSA) is 89.0 Å². The average Bonchev–Trinajstić information content (AvgIpc) is 2.82. The van der Waals surface area contributed by atoms with Gasteiger partial charge in [-0.2, -0.15) is 5.10 Å². The van der Waals surface area contributed by atoms with Gasteiger partial charge in [0.1, 0.15) is 6.61 Å². The average molecular weight is 460 g/mol. The van der Waals surface area contributed by atoms with Crippen molar-refractivity contribution in [3.8, 4) is 11.5 Å². The zero-order chi connectivity index (χ0) is 24.5. The molecule has 0 aromatic heterocycles. The van der Waals surface area contributed by atoms with Crippen molar-refractivity contribution in [2.75, 3.05) is 11.9 Å². The number of carbonyl (C=O) groups excluding carboxylic acids is 2. The third-order valence-electron chi connectivity index (χ3n) is 5.26. The van der Waals surface area contributed by atoms with Crippen molar-refractivity contribution in [1.29, 1.82) is 0 Å². The van der Waals surface area contributed by atoms with Crippen molar-refractivity contribution in [1.82, 2.24) is 5.43 Å². The number of nitrogens with zero attached hydrogens (tertiary/aromatic N) is 1.